The predicted octanol–water partition coefficient (Wildman–Crippen LogP) is 6.44. The number of nitro benzene ring substituents is 1. The Morgan fingerprint density at radius 1 is 1.11 bits per heavy atom. The summed E-state index contributed by atoms with van der Waals surface area (Å²) in [6.45, 7) is 0. The fraction of sp³-hybridized carbons (Fsp3) is 0.0400. The van der Waals surface area contributed by atoms with Crippen LogP contribution < -0.4 is 5.32 Å². The van der Waals surface area contributed by atoms with Gasteiger partial charge in [0.15, 0.2) is 0 Å². The summed E-state index contributed by atoms with van der Waals surface area (Å²) < 4.78 is 5.63. The lowest BCUT2D eigenvalue weighted by atomic mass is 10.2. The summed E-state index contributed by atoms with van der Waals surface area (Å²) in [6.07, 6.45) is 5.56. The van der Waals surface area contributed by atoms with Crippen LogP contribution >= 0.6 is 23.4 Å². The molecule has 1 aromatic heterocycles. The number of rotatable bonds is 9. The fourth-order valence-corrected chi connectivity index (χ4v) is 3.74. The monoisotopic (exact) mass is 519 g/mol. The number of anilines is 1. The van der Waals surface area contributed by atoms with Gasteiger partial charge in [-0.2, -0.15) is 0 Å². The normalized spacial score (nSPS) is 11.2. The zero-order valence-electron chi connectivity index (χ0n) is 18.6. The Morgan fingerprint density at radius 3 is 2.61 bits per heavy atom. The van der Waals surface area contributed by atoms with Gasteiger partial charge in [-0.1, -0.05) is 59.8 Å². The van der Waals surface area contributed by atoms with Gasteiger partial charge in [-0.15, -0.1) is 10.2 Å². The smallest absolute Gasteiger partial charge is 0.277 e. The Morgan fingerprint density at radius 2 is 1.89 bits per heavy atom. The standard InChI is InChI=1S/C25H18ClN5O4S/c26-21-15-20(31(33)34)12-13-22(21)28-23(32)16-36-25-30-29-24(35-25)18-8-10-19(11-9-18)27-14-4-7-17-5-2-1-3-6-17/h1-15H,16H2,(H,28,32)/b7-4+,27-14?. The molecule has 0 bridgehead atoms. The molecule has 0 radical (unpaired) electrons. The molecule has 4 rings (SSSR count). The third-order valence-corrected chi connectivity index (χ3v) is 5.81. The first-order valence-electron chi connectivity index (χ1n) is 10.5. The van der Waals surface area contributed by atoms with E-state index in [1.165, 1.54) is 18.2 Å². The maximum atomic E-state index is 12.2. The number of nitrogens with one attached hydrogen (secondary N) is 1. The van der Waals surface area contributed by atoms with E-state index in [1.54, 1.807) is 6.21 Å². The lowest BCUT2D eigenvalue weighted by Crippen LogP contribution is -2.14. The van der Waals surface area contributed by atoms with Gasteiger partial charge < -0.3 is 9.73 Å². The van der Waals surface area contributed by atoms with Gasteiger partial charge in [0.25, 0.3) is 10.9 Å². The van der Waals surface area contributed by atoms with Crippen molar-refractivity contribution in [3.8, 4) is 11.5 Å². The molecule has 9 nitrogen and oxygen atoms in total. The number of nitrogens with zero attached hydrogens (tertiary/aromatic N) is 4. The Kier molecular flexibility index (Phi) is 8.22. The van der Waals surface area contributed by atoms with Crippen LogP contribution in [0.25, 0.3) is 17.5 Å². The fourth-order valence-electron chi connectivity index (χ4n) is 2.95. The number of nitro groups is 1. The number of aliphatic imine (C=N–C) groups is 1. The molecule has 36 heavy (non-hydrogen) atoms. The third-order valence-electron chi connectivity index (χ3n) is 4.68. The van der Waals surface area contributed by atoms with Crippen molar-refractivity contribution in [2.24, 2.45) is 4.99 Å². The maximum Gasteiger partial charge on any atom is 0.277 e. The average molecular weight is 520 g/mol. The van der Waals surface area contributed by atoms with Gasteiger partial charge in [0.2, 0.25) is 11.8 Å². The van der Waals surface area contributed by atoms with E-state index in [1.807, 2.05) is 66.7 Å². The van der Waals surface area contributed by atoms with E-state index in [4.69, 9.17) is 16.0 Å². The molecule has 1 amide bonds. The summed E-state index contributed by atoms with van der Waals surface area (Å²) in [5, 5.41) is 21.7. The molecule has 0 spiro atoms. The van der Waals surface area contributed by atoms with Gasteiger partial charge in [-0.05, 0) is 42.0 Å². The number of allylic oxidation sites excluding steroid dienone is 1. The van der Waals surface area contributed by atoms with Crippen LogP contribution in [-0.2, 0) is 4.79 Å². The summed E-state index contributed by atoms with van der Waals surface area (Å²) in [6, 6.07) is 21.1. The minimum atomic E-state index is -0.564. The zero-order valence-corrected chi connectivity index (χ0v) is 20.1. The lowest BCUT2D eigenvalue weighted by Gasteiger charge is -2.06. The summed E-state index contributed by atoms with van der Waals surface area (Å²) in [5.41, 5.74) is 2.70. The van der Waals surface area contributed by atoms with Gasteiger partial charge in [-0.3, -0.25) is 19.9 Å². The van der Waals surface area contributed by atoms with E-state index in [9.17, 15) is 14.9 Å². The molecular formula is C25H18ClN5O4S. The van der Waals surface area contributed by atoms with Gasteiger partial charge >= 0.3 is 0 Å². The first-order chi connectivity index (χ1) is 17.5. The maximum absolute atomic E-state index is 12.2. The van der Waals surface area contributed by atoms with Crippen LogP contribution in [0, 0.1) is 10.1 Å². The number of hydrogen-bond donors (Lipinski definition) is 1. The largest absolute Gasteiger partial charge is 0.411 e. The quantitative estimate of drug-likeness (QED) is 0.117. The molecule has 180 valence electrons. The SMILES string of the molecule is O=C(CSc1nnc(-c2ccc(N=C/C=C/c3ccccc3)cc2)o1)Nc1ccc([N+](=O)[O-])cc1Cl. The molecule has 1 N–H and O–H groups in total. The van der Waals surface area contributed by atoms with E-state index < -0.39 is 4.92 Å². The highest BCUT2D eigenvalue weighted by Gasteiger charge is 2.14. The first-order valence-corrected chi connectivity index (χ1v) is 11.9. The first kappa shape index (κ1) is 24.8. The molecule has 0 aliphatic heterocycles. The van der Waals surface area contributed by atoms with Crippen molar-refractivity contribution in [3.05, 3.63) is 99.6 Å². The number of thioether (sulfide) groups is 1. The van der Waals surface area contributed by atoms with Crippen molar-refractivity contribution < 1.29 is 14.1 Å². The highest BCUT2D eigenvalue weighted by atomic mass is 35.5. The number of carbonyl (C=O) groups excluding carboxylic acids is 1. The molecular weight excluding hydrogens is 502 g/mol. The molecule has 0 saturated carbocycles. The molecule has 0 aliphatic carbocycles. The van der Waals surface area contributed by atoms with E-state index in [2.05, 4.69) is 20.5 Å². The molecule has 1 heterocycles. The molecule has 0 fully saturated rings. The Bertz CT molecular complexity index is 1420. The topological polar surface area (TPSA) is 124 Å². The highest BCUT2D eigenvalue weighted by molar-refractivity contribution is 7.99. The minimum absolute atomic E-state index is 0.0148. The second-order valence-electron chi connectivity index (χ2n) is 7.23. The lowest BCUT2D eigenvalue weighted by molar-refractivity contribution is -0.384. The summed E-state index contributed by atoms with van der Waals surface area (Å²) in [5.74, 6) is -0.0751. The van der Waals surface area contributed by atoms with E-state index >= 15 is 0 Å². The van der Waals surface area contributed by atoms with E-state index in [-0.39, 0.29) is 33.3 Å². The second kappa shape index (κ2) is 11.9. The molecule has 11 heteroatoms. The van der Waals surface area contributed by atoms with Crippen LogP contribution in [0.3, 0.4) is 0 Å². The van der Waals surface area contributed by atoms with Crippen molar-refractivity contribution in [1.29, 1.82) is 0 Å². The van der Waals surface area contributed by atoms with Crippen molar-refractivity contribution >= 4 is 58.6 Å². The van der Waals surface area contributed by atoms with Crippen LogP contribution in [-0.4, -0.2) is 33.0 Å². The predicted molar refractivity (Wildman–Crippen MR) is 141 cm³/mol. The summed E-state index contributed by atoms with van der Waals surface area (Å²) in [7, 11) is 0. The zero-order chi connectivity index (χ0) is 25.3. The van der Waals surface area contributed by atoms with Crippen LogP contribution in [0.2, 0.25) is 5.02 Å². The number of benzene rings is 3. The summed E-state index contributed by atoms with van der Waals surface area (Å²) >= 11 is 7.06. The van der Waals surface area contributed by atoms with Gasteiger partial charge in [-0.25, -0.2) is 0 Å². The van der Waals surface area contributed by atoms with Crippen LogP contribution in [0.1, 0.15) is 5.56 Å². The molecule has 0 aliphatic rings. The molecule has 4 aromatic rings. The second-order valence-corrected chi connectivity index (χ2v) is 8.56. The van der Waals surface area contributed by atoms with Crippen LogP contribution in [0.5, 0.6) is 0 Å². The molecule has 3 aromatic carbocycles. The number of aromatic nitrogens is 2. The van der Waals surface area contributed by atoms with Gasteiger partial charge in [0.1, 0.15) is 0 Å². The van der Waals surface area contributed by atoms with Crippen molar-refractivity contribution in [1.82, 2.24) is 10.2 Å². The Balaban J connectivity index is 1.29. The summed E-state index contributed by atoms with van der Waals surface area (Å²) in [4.78, 5) is 26.8. The third kappa shape index (κ3) is 6.87. The molecule has 0 saturated heterocycles. The van der Waals surface area contributed by atoms with E-state index in [0.717, 1.165) is 28.6 Å². The van der Waals surface area contributed by atoms with E-state index in [0.29, 0.717) is 5.89 Å². The van der Waals surface area contributed by atoms with Crippen molar-refractivity contribution in [2.75, 3.05) is 11.1 Å². The van der Waals surface area contributed by atoms with Crippen LogP contribution in [0.15, 0.2) is 93.5 Å². The highest BCUT2D eigenvalue weighted by Crippen LogP contribution is 2.28. The van der Waals surface area contributed by atoms with Crippen molar-refractivity contribution in [2.45, 2.75) is 5.22 Å². The van der Waals surface area contributed by atoms with Gasteiger partial charge in [0, 0.05) is 23.9 Å². The Hall–Kier alpha value is -4.28. The van der Waals surface area contributed by atoms with Crippen LogP contribution in [0.4, 0.5) is 17.1 Å². The number of amides is 1. The number of hydrogen-bond acceptors (Lipinski definition) is 8. The number of halogens is 1. The molecule has 0 atom stereocenters. The average Bonchev–Trinajstić information content (AvgIpc) is 3.37. The number of non-ortho nitro benzene ring substituents is 1. The van der Waals surface area contributed by atoms with Crippen molar-refractivity contribution in [3.63, 3.8) is 0 Å². The number of carbonyl (C=O) groups is 1. The molecule has 0 unspecified atom stereocenters. The minimum Gasteiger partial charge on any atom is -0.411 e. The Labute approximate surface area is 215 Å². The van der Waals surface area contributed by atoms with Gasteiger partial charge in [0.05, 0.1) is 27.1 Å².